The van der Waals surface area contributed by atoms with Gasteiger partial charge in [0.1, 0.15) is 11.6 Å². The van der Waals surface area contributed by atoms with Crippen LogP contribution in [0.25, 0.3) is 22.4 Å². The van der Waals surface area contributed by atoms with Gasteiger partial charge in [0.05, 0.1) is 35.6 Å². The first-order chi connectivity index (χ1) is 10.5. The van der Waals surface area contributed by atoms with Gasteiger partial charge in [-0.25, -0.2) is 13.4 Å². The maximum atomic E-state index is 11.3. The predicted molar refractivity (Wildman–Crippen MR) is 86.5 cm³/mol. The van der Waals surface area contributed by atoms with Crippen LogP contribution in [0.5, 0.6) is 5.75 Å². The molecular formula is C15H15N3O3S. The fourth-order valence-electron chi connectivity index (χ4n) is 2.24. The Morgan fingerprint density at radius 2 is 1.95 bits per heavy atom. The van der Waals surface area contributed by atoms with E-state index in [2.05, 4.69) is 14.7 Å². The molecule has 22 heavy (non-hydrogen) atoms. The molecule has 0 aliphatic heterocycles. The molecule has 0 atom stereocenters. The minimum Gasteiger partial charge on any atom is -0.496 e. The number of fused-ring (bicyclic) bond motifs is 1. The zero-order valence-electron chi connectivity index (χ0n) is 12.1. The lowest BCUT2D eigenvalue weighted by Crippen LogP contribution is -2.09. The van der Waals surface area contributed by atoms with Crippen LogP contribution in [0.15, 0.2) is 42.5 Å². The van der Waals surface area contributed by atoms with Crippen molar-refractivity contribution in [3.63, 3.8) is 0 Å². The Bertz CT molecular complexity index is 899. The van der Waals surface area contributed by atoms with E-state index in [1.54, 1.807) is 18.2 Å². The Morgan fingerprint density at radius 3 is 2.64 bits per heavy atom. The van der Waals surface area contributed by atoms with Crippen molar-refractivity contribution >= 4 is 26.7 Å². The molecule has 114 valence electrons. The van der Waals surface area contributed by atoms with Crippen molar-refractivity contribution in [2.24, 2.45) is 0 Å². The maximum absolute atomic E-state index is 11.3. The van der Waals surface area contributed by atoms with Crippen molar-refractivity contribution < 1.29 is 13.2 Å². The molecule has 3 aromatic rings. The number of anilines is 1. The Labute approximate surface area is 128 Å². The van der Waals surface area contributed by atoms with Gasteiger partial charge in [-0.05, 0) is 24.3 Å². The molecule has 0 amide bonds. The van der Waals surface area contributed by atoms with E-state index in [1.807, 2.05) is 24.3 Å². The van der Waals surface area contributed by atoms with Crippen LogP contribution in [-0.4, -0.2) is 31.8 Å². The lowest BCUT2D eigenvalue weighted by Gasteiger charge is -2.09. The van der Waals surface area contributed by atoms with Crippen molar-refractivity contribution in [3.05, 3.63) is 42.5 Å². The van der Waals surface area contributed by atoms with Crippen molar-refractivity contribution in [2.45, 2.75) is 0 Å². The minimum atomic E-state index is -3.33. The number of nitrogens with one attached hydrogen (secondary N) is 2. The summed E-state index contributed by atoms with van der Waals surface area (Å²) in [5, 5.41) is 0. The van der Waals surface area contributed by atoms with E-state index >= 15 is 0 Å². The maximum Gasteiger partial charge on any atom is 0.229 e. The summed E-state index contributed by atoms with van der Waals surface area (Å²) in [6.45, 7) is 0. The highest BCUT2D eigenvalue weighted by atomic mass is 32.2. The van der Waals surface area contributed by atoms with Crippen LogP contribution in [0.1, 0.15) is 0 Å². The second-order valence-corrected chi connectivity index (χ2v) is 6.64. The zero-order valence-corrected chi connectivity index (χ0v) is 12.9. The Balaban J connectivity index is 2.06. The van der Waals surface area contributed by atoms with Gasteiger partial charge in [-0.1, -0.05) is 12.1 Å². The molecule has 0 fully saturated rings. The molecule has 0 bridgehead atoms. The van der Waals surface area contributed by atoms with Gasteiger partial charge in [0, 0.05) is 6.07 Å². The number of methoxy groups -OCH3 is 1. The summed E-state index contributed by atoms with van der Waals surface area (Å²) in [4.78, 5) is 7.75. The first-order valence-corrected chi connectivity index (χ1v) is 8.46. The highest BCUT2D eigenvalue weighted by Gasteiger charge is 2.12. The van der Waals surface area contributed by atoms with Crippen molar-refractivity contribution in [2.75, 3.05) is 18.1 Å². The van der Waals surface area contributed by atoms with E-state index in [-0.39, 0.29) is 0 Å². The quantitative estimate of drug-likeness (QED) is 0.774. The van der Waals surface area contributed by atoms with E-state index in [1.165, 1.54) is 7.11 Å². The largest absolute Gasteiger partial charge is 0.496 e. The molecule has 0 saturated carbocycles. The SMILES string of the molecule is COc1cc(NS(C)(=O)=O)ccc1-c1nc2ccccc2[nH]1. The molecule has 0 saturated heterocycles. The van der Waals surface area contributed by atoms with Crippen LogP contribution in [0.3, 0.4) is 0 Å². The average Bonchev–Trinajstić information content (AvgIpc) is 2.89. The predicted octanol–water partition coefficient (Wildman–Crippen LogP) is 2.61. The smallest absolute Gasteiger partial charge is 0.229 e. The number of ether oxygens (including phenoxy) is 1. The molecule has 2 aromatic carbocycles. The molecule has 0 radical (unpaired) electrons. The van der Waals surface area contributed by atoms with Crippen molar-refractivity contribution in [3.8, 4) is 17.1 Å². The summed E-state index contributed by atoms with van der Waals surface area (Å²) in [7, 11) is -1.80. The number of hydrogen-bond acceptors (Lipinski definition) is 4. The van der Waals surface area contributed by atoms with Crippen LogP contribution in [0, 0.1) is 0 Å². The summed E-state index contributed by atoms with van der Waals surface area (Å²) in [5.41, 5.74) is 2.99. The van der Waals surface area contributed by atoms with Crippen LogP contribution in [-0.2, 0) is 10.0 Å². The summed E-state index contributed by atoms with van der Waals surface area (Å²) >= 11 is 0. The Morgan fingerprint density at radius 1 is 1.18 bits per heavy atom. The third-order valence-electron chi connectivity index (χ3n) is 3.15. The standard InChI is InChI=1S/C15H15N3O3S/c1-21-14-9-10(18-22(2,19)20)7-8-11(14)15-16-12-5-3-4-6-13(12)17-15/h3-9,18H,1-2H3,(H,16,17). The number of sulfonamides is 1. The molecule has 0 aliphatic rings. The zero-order chi connectivity index (χ0) is 15.7. The van der Waals surface area contributed by atoms with Gasteiger partial charge in [0.15, 0.2) is 0 Å². The van der Waals surface area contributed by atoms with E-state index < -0.39 is 10.0 Å². The molecule has 0 spiro atoms. The lowest BCUT2D eigenvalue weighted by molar-refractivity contribution is 0.416. The van der Waals surface area contributed by atoms with Gasteiger partial charge in [-0.2, -0.15) is 0 Å². The summed E-state index contributed by atoms with van der Waals surface area (Å²) < 4.78 is 30.4. The number of rotatable bonds is 4. The van der Waals surface area contributed by atoms with Gasteiger partial charge < -0.3 is 9.72 Å². The molecule has 3 rings (SSSR count). The number of H-pyrrole nitrogens is 1. The topological polar surface area (TPSA) is 84.1 Å². The van der Waals surface area contributed by atoms with E-state index in [0.717, 1.165) is 22.9 Å². The summed E-state index contributed by atoms with van der Waals surface area (Å²) in [5.74, 6) is 1.21. The highest BCUT2D eigenvalue weighted by Crippen LogP contribution is 2.32. The van der Waals surface area contributed by atoms with Crippen LogP contribution in [0.4, 0.5) is 5.69 Å². The fourth-order valence-corrected chi connectivity index (χ4v) is 2.80. The normalized spacial score (nSPS) is 11.5. The molecule has 7 heteroatoms. The molecule has 0 aliphatic carbocycles. The molecular weight excluding hydrogens is 302 g/mol. The number of benzene rings is 2. The fraction of sp³-hybridized carbons (Fsp3) is 0.133. The average molecular weight is 317 g/mol. The van der Waals surface area contributed by atoms with Crippen LogP contribution < -0.4 is 9.46 Å². The minimum absolute atomic E-state index is 0.444. The first kappa shape index (κ1) is 14.4. The van der Waals surface area contributed by atoms with E-state index in [9.17, 15) is 8.42 Å². The third-order valence-corrected chi connectivity index (χ3v) is 3.76. The first-order valence-electron chi connectivity index (χ1n) is 6.57. The molecule has 6 nitrogen and oxygen atoms in total. The number of aromatic amines is 1. The van der Waals surface area contributed by atoms with Gasteiger partial charge in [-0.15, -0.1) is 0 Å². The molecule has 0 unspecified atom stereocenters. The second-order valence-electron chi connectivity index (χ2n) is 4.89. The Hall–Kier alpha value is -2.54. The number of hydrogen-bond donors (Lipinski definition) is 2. The second kappa shape index (κ2) is 5.34. The number of aromatic nitrogens is 2. The number of nitrogens with zero attached hydrogens (tertiary/aromatic N) is 1. The van der Waals surface area contributed by atoms with Crippen molar-refractivity contribution in [1.29, 1.82) is 0 Å². The third kappa shape index (κ3) is 2.89. The van der Waals surface area contributed by atoms with Gasteiger partial charge >= 0.3 is 0 Å². The molecule has 1 heterocycles. The molecule has 1 aromatic heterocycles. The van der Waals surface area contributed by atoms with Gasteiger partial charge in [0.25, 0.3) is 0 Å². The number of imidazole rings is 1. The van der Waals surface area contributed by atoms with Crippen LogP contribution >= 0.6 is 0 Å². The van der Waals surface area contributed by atoms with Crippen LogP contribution in [0.2, 0.25) is 0 Å². The lowest BCUT2D eigenvalue weighted by atomic mass is 10.1. The highest BCUT2D eigenvalue weighted by molar-refractivity contribution is 7.92. The van der Waals surface area contributed by atoms with Gasteiger partial charge in [-0.3, -0.25) is 4.72 Å². The molecule has 2 N–H and O–H groups in total. The van der Waals surface area contributed by atoms with E-state index in [0.29, 0.717) is 17.3 Å². The Kier molecular flexibility index (Phi) is 3.50. The van der Waals surface area contributed by atoms with Crippen molar-refractivity contribution in [1.82, 2.24) is 9.97 Å². The monoisotopic (exact) mass is 317 g/mol. The summed E-state index contributed by atoms with van der Waals surface area (Å²) in [6, 6.07) is 12.8. The van der Waals surface area contributed by atoms with Gasteiger partial charge in [0.2, 0.25) is 10.0 Å². The number of para-hydroxylation sites is 2. The van der Waals surface area contributed by atoms with E-state index in [4.69, 9.17) is 4.74 Å². The summed E-state index contributed by atoms with van der Waals surface area (Å²) in [6.07, 6.45) is 1.10.